The summed E-state index contributed by atoms with van der Waals surface area (Å²) in [5.41, 5.74) is 0.976. The molecule has 16 heavy (non-hydrogen) atoms. The van der Waals surface area contributed by atoms with Crippen LogP contribution in [0.5, 0.6) is 5.88 Å². The molecule has 0 radical (unpaired) electrons. The Morgan fingerprint density at radius 1 is 1.56 bits per heavy atom. The molecule has 1 heterocycles. The Labute approximate surface area is 94.7 Å². The molecule has 0 aromatic carbocycles. The number of rotatable bonds is 6. The van der Waals surface area contributed by atoms with Crippen molar-refractivity contribution in [3.05, 3.63) is 23.9 Å². The molecule has 0 aliphatic heterocycles. The predicted molar refractivity (Wildman–Crippen MR) is 59.4 cm³/mol. The van der Waals surface area contributed by atoms with Gasteiger partial charge >= 0.3 is 5.97 Å². The Hall–Kier alpha value is -1.62. The number of pyridine rings is 1. The molecule has 5 nitrogen and oxygen atoms in total. The average Bonchev–Trinajstić information content (AvgIpc) is 2.28. The molecule has 5 heteroatoms. The molecular formula is C11H16N2O3. The molecule has 0 saturated heterocycles. The fraction of sp³-hybridized carbons (Fsp3) is 0.455. The molecule has 1 N–H and O–H groups in total. The highest BCUT2D eigenvalue weighted by Gasteiger charge is 2.08. The van der Waals surface area contributed by atoms with Crippen LogP contribution < -0.4 is 4.74 Å². The van der Waals surface area contributed by atoms with E-state index in [4.69, 9.17) is 9.84 Å². The molecule has 0 bridgehead atoms. The second-order valence-electron chi connectivity index (χ2n) is 3.41. The van der Waals surface area contributed by atoms with Gasteiger partial charge in [0.05, 0.1) is 13.7 Å². The number of aliphatic carboxylic acids is 1. The lowest BCUT2D eigenvalue weighted by molar-refractivity contribution is -0.138. The van der Waals surface area contributed by atoms with Gasteiger partial charge in [-0.3, -0.25) is 9.69 Å². The molecule has 0 aliphatic rings. The number of methoxy groups -OCH3 is 1. The summed E-state index contributed by atoms with van der Waals surface area (Å²) in [5.74, 6) is -0.256. The maximum absolute atomic E-state index is 10.6. The third kappa shape index (κ3) is 3.86. The number of aromatic nitrogens is 1. The summed E-state index contributed by atoms with van der Waals surface area (Å²) in [4.78, 5) is 16.5. The second kappa shape index (κ2) is 6.07. The summed E-state index contributed by atoms with van der Waals surface area (Å²) in [7, 11) is 1.56. The van der Waals surface area contributed by atoms with Gasteiger partial charge in [-0.25, -0.2) is 4.98 Å². The van der Waals surface area contributed by atoms with Crippen LogP contribution in [0.2, 0.25) is 0 Å². The van der Waals surface area contributed by atoms with E-state index >= 15 is 0 Å². The quantitative estimate of drug-likeness (QED) is 0.781. The first-order valence-corrected chi connectivity index (χ1v) is 5.08. The number of likely N-dealkylation sites (N-methyl/N-ethyl adjacent to an activating group) is 1. The topological polar surface area (TPSA) is 62.7 Å². The summed E-state index contributed by atoms with van der Waals surface area (Å²) in [6, 6.07) is 3.65. The monoisotopic (exact) mass is 224 g/mol. The van der Waals surface area contributed by atoms with Crippen LogP contribution in [0.4, 0.5) is 0 Å². The lowest BCUT2D eigenvalue weighted by Crippen LogP contribution is -2.29. The molecule has 0 spiro atoms. The lowest BCUT2D eigenvalue weighted by Gasteiger charge is -2.17. The van der Waals surface area contributed by atoms with Gasteiger partial charge in [-0.1, -0.05) is 13.0 Å². The molecule has 0 fully saturated rings. The van der Waals surface area contributed by atoms with Crippen molar-refractivity contribution in [2.75, 3.05) is 20.2 Å². The molecule has 0 aliphatic carbocycles. The highest BCUT2D eigenvalue weighted by molar-refractivity contribution is 5.69. The highest BCUT2D eigenvalue weighted by atomic mass is 16.5. The van der Waals surface area contributed by atoms with Gasteiger partial charge in [-0.05, 0) is 12.1 Å². The fourth-order valence-corrected chi connectivity index (χ4v) is 1.35. The molecule has 88 valence electrons. The van der Waals surface area contributed by atoms with E-state index in [1.54, 1.807) is 19.4 Å². The van der Waals surface area contributed by atoms with Crippen molar-refractivity contribution in [1.29, 1.82) is 0 Å². The van der Waals surface area contributed by atoms with Crippen molar-refractivity contribution in [2.45, 2.75) is 13.5 Å². The zero-order valence-electron chi connectivity index (χ0n) is 9.51. The Morgan fingerprint density at radius 3 is 2.75 bits per heavy atom. The first kappa shape index (κ1) is 12.4. The van der Waals surface area contributed by atoms with Gasteiger partial charge < -0.3 is 9.84 Å². The Bertz CT molecular complexity index is 338. The lowest BCUT2D eigenvalue weighted by atomic mass is 10.2. The van der Waals surface area contributed by atoms with E-state index in [9.17, 15) is 4.79 Å². The van der Waals surface area contributed by atoms with Gasteiger partial charge in [-0.15, -0.1) is 0 Å². The van der Waals surface area contributed by atoms with Gasteiger partial charge in [0.1, 0.15) is 0 Å². The van der Waals surface area contributed by atoms with Crippen LogP contribution in [0.3, 0.4) is 0 Å². The normalized spacial score (nSPS) is 10.4. The van der Waals surface area contributed by atoms with Crippen LogP contribution in [0.15, 0.2) is 18.3 Å². The van der Waals surface area contributed by atoms with Crippen LogP contribution in [-0.4, -0.2) is 41.2 Å². The third-order valence-electron chi connectivity index (χ3n) is 2.22. The number of carboxylic acids is 1. The Kier molecular flexibility index (Phi) is 4.72. The first-order chi connectivity index (χ1) is 7.65. The zero-order valence-corrected chi connectivity index (χ0v) is 9.51. The predicted octanol–water partition coefficient (Wildman–Crippen LogP) is 0.997. The molecule has 0 unspecified atom stereocenters. The van der Waals surface area contributed by atoms with Gasteiger partial charge in [0, 0.05) is 18.8 Å². The molecule has 0 atom stereocenters. The van der Waals surface area contributed by atoms with Crippen molar-refractivity contribution in [3.63, 3.8) is 0 Å². The van der Waals surface area contributed by atoms with E-state index in [0.29, 0.717) is 19.0 Å². The van der Waals surface area contributed by atoms with Crippen LogP contribution in [0.1, 0.15) is 12.5 Å². The summed E-state index contributed by atoms with van der Waals surface area (Å²) in [6.45, 7) is 3.25. The van der Waals surface area contributed by atoms with E-state index in [-0.39, 0.29) is 6.54 Å². The molecule has 1 aromatic rings. The standard InChI is InChI=1S/C11H16N2O3/c1-3-13(8-11(14)15)7-9-4-5-10(16-2)12-6-9/h4-6H,3,7-8H2,1-2H3,(H,14,15). The number of nitrogens with zero attached hydrogens (tertiary/aromatic N) is 2. The van der Waals surface area contributed by atoms with Gasteiger partial charge in [0.2, 0.25) is 5.88 Å². The summed E-state index contributed by atoms with van der Waals surface area (Å²) in [5, 5.41) is 8.70. The van der Waals surface area contributed by atoms with E-state index in [1.165, 1.54) is 0 Å². The molecule has 1 rings (SSSR count). The fourth-order valence-electron chi connectivity index (χ4n) is 1.35. The summed E-state index contributed by atoms with van der Waals surface area (Å²) < 4.78 is 4.95. The minimum atomic E-state index is -0.816. The maximum Gasteiger partial charge on any atom is 0.317 e. The molecule has 0 saturated carbocycles. The smallest absolute Gasteiger partial charge is 0.317 e. The third-order valence-corrected chi connectivity index (χ3v) is 2.22. The summed E-state index contributed by atoms with van der Waals surface area (Å²) >= 11 is 0. The minimum absolute atomic E-state index is 0.0442. The van der Waals surface area contributed by atoms with E-state index in [2.05, 4.69) is 4.98 Å². The molecular weight excluding hydrogens is 208 g/mol. The van der Waals surface area contributed by atoms with Crippen LogP contribution in [-0.2, 0) is 11.3 Å². The average molecular weight is 224 g/mol. The van der Waals surface area contributed by atoms with Crippen molar-refractivity contribution >= 4 is 5.97 Å². The Balaban J connectivity index is 2.59. The van der Waals surface area contributed by atoms with E-state index < -0.39 is 5.97 Å². The number of carbonyl (C=O) groups is 1. The van der Waals surface area contributed by atoms with Gasteiger partial charge in [-0.2, -0.15) is 0 Å². The molecule has 0 amide bonds. The SMILES string of the molecule is CCN(CC(=O)O)Cc1ccc(OC)nc1. The largest absolute Gasteiger partial charge is 0.481 e. The van der Waals surface area contributed by atoms with Crippen LogP contribution in [0, 0.1) is 0 Å². The van der Waals surface area contributed by atoms with Crippen LogP contribution >= 0.6 is 0 Å². The first-order valence-electron chi connectivity index (χ1n) is 5.08. The van der Waals surface area contributed by atoms with Gasteiger partial charge in [0.15, 0.2) is 0 Å². The van der Waals surface area contributed by atoms with Crippen molar-refractivity contribution in [2.24, 2.45) is 0 Å². The summed E-state index contributed by atoms with van der Waals surface area (Å²) in [6.07, 6.45) is 1.70. The zero-order chi connectivity index (χ0) is 12.0. The number of hydrogen-bond donors (Lipinski definition) is 1. The van der Waals surface area contributed by atoms with Crippen molar-refractivity contribution < 1.29 is 14.6 Å². The highest BCUT2D eigenvalue weighted by Crippen LogP contribution is 2.08. The van der Waals surface area contributed by atoms with Gasteiger partial charge in [0.25, 0.3) is 0 Å². The van der Waals surface area contributed by atoms with Crippen molar-refractivity contribution in [3.8, 4) is 5.88 Å². The van der Waals surface area contributed by atoms with E-state index in [1.807, 2.05) is 17.9 Å². The Morgan fingerprint density at radius 2 is 2.31 bits per heavy atom. The molecule has 1 aromatic heterocycles. The van der Waals surface area contributed by atoms with E-state index in [0.717, 1.165) is 5.56 Å². The number of carboxylic acid groups (broad SMARTS) is 1. The van der Waals surface area contributed by atoms with Crippen LogP contribution in [0.25, 0.3) is 0 Å². The number of hydrogen-bond acceptors (Lipinski definition) is 4. The second-order valence-corrected chi connectivity index (χ2v) is 3.41. The maximum atomic E-state index is 10.6. The van der Waals surface area contributed by atoms with Crippen molar-refractivity contribution in [1.82, 2.24) is 9.88 Å². The number of ether oxygens (including phenoxy) is 1. The minimum Gasteiger partial charge on any atom is -0.481 e.